The number of benzene rings is 1. The van der Waals surface area contributed by atoms with Gasteiger partial charge in [0.1, 0.15) is 0 Å². The maximum Gasteiger partial charge on any atom is 0.161 e. The van der Waals surface area contributed by atoms with Crippen LogP contribution >= 0.6 is 0 Å². The van der Waals surface area contributed by atoms with Crippen molar-refractivity contribution < 1.29 is 14.6 Å². The molecule has 0 aliphatic carbocycles. The Morgan fingerprint density at radius 2 is 1.90 bits per heavy atom. The zero-order chi connectivity index (χ0) is 14.4. The van der Waals surface area contributed by atoms with E-state index in [1.54, 1.807) is 32.5 Å². The van der Waals surface area contributed by atoms with Crippen LogP contribution in [-0.2, 0) is 6.42 Å². The van der Waals surface area contributed by atoms with Gasteiger partial charge in [-0.25, -0.2) is 0 Å². The van der Waals surface area contributed by atoms with Crippen LogP contribution in [0.25, 0.3) is 0 Å². The van der Waals surface area contributed by atoms with Crippen molar-refractivity contribution in [1.29, 1.82) is 0 Å². The molecule has 106 valence electrons. The van der Waals surface area contributed by atoms with Gasteiger partial charge >= 0.3 is 0 Å². The van der Waals surface area contributed by atoms with Crippen molar-refractivity contribution in [1.82, 2.24) is 4.98 Å². The van der Waals surface area contributed by atoms with Crippen molar-refractivity contribution >= 4 is 0 Å². The highest BCUT2D eigenvalue weighted by Gasteiger charge is 2.08. The fourth-order valence-corrected chi connectivity index (χ4v) is 1.89. The maximum absolute atomic E-state index is 9.56. The molecule has 0 fully saturated rings. The summed E-state index contributed by atoms with van der Waals surface area (Å²) in [5.74, 6) is 1.32. The van der Waals surface area contributed by atoms with E-state index in [9.17, 15) is 5.11 Å². The molecule has 0 saturated heterocycles. The molecule has 1 N–H and O–H groups in total. The van der Waals surface area contributed by atoms with Crippen molar-refractivity contribution in [2.45, 2.75) is 19.4 Å². The third kappa shape index (κ3) is 3.71. The normalized spacial score (nSPS) is 11.9. The number of hydrogen-bond acceptors (Lipinski definition) is 4. The largest absolute Gasteiger partial charge is 0.493 e. The monoisotopic (exact) mass is 273 g/mol. The van der Waals surface area contributed by atoms with Crippen molar-refractivity contribution in [2.24, 2.45) is 0 Å². The van der Waals surface area contributed by atoms with Crippen LogP contribution in [0.2, 0.25) is 0 Å². The molecule has 20 heavy (non-hydrogen) atoms. The lowest BCUT2D eigenvalue weighted by molar-refractivity contribution is 0.198. The van der Waals surface area contributed by atoms with Gasteiger partial charge < -0.3 is 14.6 Å². The molecule has 4 heteroatoms. The predicted octanol–water partition coefficient (Wildman–Crippen LogP) is 2.77. The molecule has 1 atom stereocenters. The van der Waals surface area contributed by atoms with E-state index in [4.69, 9.17) is 9.47 Å². The SMILES string of the molecule is COc1cc([C@H](C)O)ccc1OCCc1ccncc1. The number of aliphatic hydroxyl groups is 1. The van der Waals surface area contributed by atoms with E-state index in [2.05, 4.69) is 4.98 Å². The van der Waals surface area contributed by atoms with Crippen LogP contribution in [0.3, 0.4) is 0 Å². The van der Waals surface area contributed by atoms with Crippen LogP contribution in [0.4, 0.5) is 0 Å². The van der Waals surface area contributed by atoms with Crippen molar-refractivity contribution in [2.75, 3.05) is 13.7 Å². The summed E-state index contributed by atoms with van der Waals surface area (Å²) in [7, 11) is 1.59. The Morgan fingerprint density at radius 3 is 2.55 bits per heavy atom. The molecule has 0 saturated carbocycles. The third-order valence-corrected chi connectivity index (χ3v) is 3.07. The highest BCUT2D eigenvalue weighted by atomic mass is 16.5. The molecule has 1 heterocycles. The van der Waals surface area contributed by atoms with Crippen LogP contribution in [-0.4, -0.2) is 23.8 Å². The number of ether oxygens (including phenoxy) is 2. The highest BCUT2D eigenvalue weighted by molar-refractivity contribution is 5.43. The fourth-order valence-electron chi connectivity index (χ4n) is 1.89. The average molecular weight is 273 g/mol. The smallest absolute Gasteiger partial charge is 0.161 e. The second-order valence-corrected chi connectivity index (χ2v) is 4.54. The molecule has 0 amide bonds. The Hall–Kier alpha value is -2.07. The Balaban J connectivity index is 1.99. The molecule has 2 aromatic rings. The van der Waals surface area contributed by atoms with Crippen LogP contribution in [0.5, 0.6) is 11.5 Å². The second-order valence-electron chi connectivity index (χ2n) is 4.54. The summed E-state index contributed by atoms with van der Waals surface area (Å²) in [6, 6.07) is 9.41. The van der Waals surface area contributed by atoms with Gasteiger partial charge in [0.25, 0.3) is 0 Å². The summed E-state index contributed by atoms with van der Waals surface area (Å²) in [5.41, 5.74) is 1.99. The minimum Gasteiger partial charge on any atom is -0.493 e. The Labute approximate surface area is 119 Å². The molecular formula is C16H19NO3. The predicted molar refractivity (Wildman–Crippen MR) is 77.1 cm³/mol. The quantitative estimate of drug-likeness (QED) is 0.879. The lowest BCUT2D eigenvalue weighted by Gasteiger charge is -2.13. The first-order chi connectivity index (χ1) is 9.70. The van der Waals surface area contributed by atoms with Gasteiger partial charge in [-0.2, -0.15) is 0 Å². The summed E-state index contributed by atoms with van der Waals surface area (Å²) in [4.78, 5) is 3.98. The van der Waals surface area contributed by atoms with Gasteiger partial charge in [-0.1, -0.05) is 6.07 Å². The molecule has 0 aliphatic heterocycles. The van der Waals surface area contributed by atoms with E-state index in [1.165, 1.54) is 5.56 Å². The van der Waals surface area contributed by atoms with Crippen molar-refractivity contribution in [3.8, 4) is 11.5 Å². The summed E-state index contributed by atoms with van der Waals surface area (Å²) in [6.07, 6.45) is 3.83. The molecule has 4 nitrogen and oxygen atoms in total. The number of aliphatic hydroxyl groups excluding tert-OH is 1. The number of aromatic nitrogens is 1. The van der Waals surface area contributed by atoms with Crippen LogP contribution < -0.4 is 9.47 Å². The number of pyridine rings is 1. The highest BCUT2D eigenvalue weighted by Crippen LogP contribution is 2.30. The van der Waals surface area contributed by atoms with Gasteiger partial charge in [0.2, 0.25) is 0 Å². The van der Waals surface area contributed by atoms with E-state index in [0.717, 1.165) is 12.0 Å². The zero-order valence-corrected chi connectivity index (χ0v) is 11.7. The molecule has 0 bridgehead atoms. The van der Waals surface area contributed by atoms with E-state index < -0.39 is 6.10 Å². The lowest BCUT2D eigenvalue weighted by Crippen LogP contribution is -2.03. The summed E-state index contributed by atoms with van der Waals surface area (Å²) in [6.45, 7) is 2.28. The second kappa shape index (κ2) is 6.91. The summed E-state index contributed by atoms with van der Waals surface area (Å²) < 4.78 is 11.0. The van der Waals surface area contributed by atoms with Gasteiger partial charge in [0, 0.05) is 18.8 Å². The zero-order valence-electron chi connectivity index (χ0n) is 11.7. The molecule has 0 unspecified atom stereocenters. The van der Waals surface area contributed by atoms with Crippen LogP contribution in [0, 0.1) is 0 Å². The maximum atomic E-state index is 9.56. The third-order valence-electron chi connectivity index (χ3n) is 3.07. The number of rotatable bonds is 6. The van der Waals surface area contributed by atoms with Gasteiger partial charge in [0.15, 0.2) is 11.5 Å². The Bertz CT molecular complexity index is 541. The van der Waals surface area contributed by atoms with Crippen molar-refractivity contribution in [3.63, 3.8) is 0 Å². The average Bonchev–Trinajstić information content (AvgIpc) is 2.48. The minimum absolute atomic E-state index is 0.519. The number of methoxy groups -OCH3 is 1. The molecule has 0 spiro atoms. The molecule has 0 radical (unpaired) electrons. The van der Waals surface area contributed by atoms with Crippen molar-refractivity contribution in [3.05, 3.63) is 53.9 Å². The minimum atomic E-state index is -0.519. The van der Waals surface area contributed by atoms with Gasteiger partial charge in [-0.05, 0) is 42.3 Å². The standard InChI is InChI=1S/C16H19NO3/c1-12(18)14-3-4-15(16(11-14)19-2)20-10-7-13-5-8-17-9-6-13/h3-6,8-9,11-12,18H,7,10H2,1-2H3/t12-/m0/s1. The molecule has 0 aliphatic rings. The van der Waals surface area contributed by atoms with Gasteiger partial charge in [-0.15, -0.1) is 0 Å². The van der Waals surface area contributed by atoms with Crippen LogP contribution in [0.15, 0.2) is 42.7 Å². The molecular weight excluding hydrogens is 254 g/mol. The van der Waals surface area contributed by atoms with Gasteiger partial charge in [-0.3, -0.25) is 4.98 Å². The van der Waals surface area contributed by atoms with Crippen LogP contribution in [0.1, 0.15) is 24.2 Å². The first-order valence-corrected chi connectivity index (χ1v) is 6.58. The number of nitrogens with zero attached hydrogens (tertiary/aromatic N) is 1. The van der Waals surface area contributed by atoms with E-state index in [0.29, 0.717) is 18.1 Å². The summed E-state index contributed by atoms with van der Waals surface area (Å²) >= 11 is 0. The molecule has 1 aromatic carbocycles. The Kier molecular flexibility index (Phi) is 4.96. The summed E-state index contributed by atoms with van der Waals surface area (Å²) in [5, 5.41) is 9.56. The number of hydrogen-bond donors (Lipinski definition) is 1. The van der Waals surface area contributed by atoms with E-state index >= 15 is 0 Å². The molecule has 2 rings (SSSR count). The lowest BCUT2D eigenvalue weighted by atomic mass is 10.1. The topological polar surface area (TPSA) is 51.6 Å². The van der Waals surface area contributed by atoms with E-state index in [-0.39, 0.29) is 0 Å². The first kappa shape index (κ1) is 14.3. The first-order valence-electron chi connectivity index (χ1n) is 6.58. The fraction of sp³-hybridized carbons (Fsp3) is 0.312. The molecule has 1 aromatic heterocycles. The van der Waals surface area contributed by atoms with Gasteiger partial charge in [0.05, 0.1) is 19.8 Å². The van der Waals surface area contributed by atoms with E-state index in [1.807, 2.05) is 24.3 Å². The Morgan fingerprint density at radius 1 is 1.15 bits per heavy atom.